The number of piperazine rings is 1. The Balaban J connectivity index is 1.53. The third-order valence-electron chi connectivity index (χ3n) is 5.98. The molecule has 11 heteroatoms. The highest BCUT2D eigenvalue weighted by Crippen LogP contribution is 2.27. The highest BCUT2D eigenvalue weighted by atomic mass is 19.1. The van der Waals surface area contributed by atoms with Crippen LogP contribution in [-0.4, -0.2) is 68.9 Å². The van der Waals surface area contributed by atoms with Crippen molar-refractivity contribution in [3.8, 4) is 6.01 Å². The highest BCUT2D eigenvalue weighted by Gasteiger charge is 2.21. The maximum Gasteiger partial charge on any atom is 0.320 e. The Bertz CT molecular complexity index is 1240. The molecule has 0 aromatic carbocycles. The summed E-state index contributed by atoms with van der Waals surface area (Å²) in [4.78, 5) is 16.4. The molecule has 0 unspecified atom stereocenters. The molecule has 3 aromatic rings. The molecule has 0 saturated carbocycles. The number of hydrogen-bond acceptors (Lipinski definition) is 7. The summed E-state index contributed by atoms with van der Waals surface area (Å²) in [5.74, 6) is 0.464. The van der Waals surface area contributed by atoms with Crippen LogP contribution in [0, 0.1) is 13.8 Å². The number of hydrogen-bond donors (Lipinski definition) is 3. The highest BCUT2D eigenvalue weighted by molar-refractivity contribution is 5.72. The fourth-order valence-corrected chi connectivity index (χ4v) is 4.07. The van der Waals surface area contributed by atoms with Crippen molar-refractivity contribution < 1.29 is 13.5 Å². The van der Waals surface area contributed by atoms with Crippen molar-refractivity contribution in [3.05, 3.63) is 53.5 Å². The van der Waals surface area contributed by atoms with E-state index in [-0.39, 0.29) is 23.9 Å². The summed E-state index contributed by atoms with van der Waals surface area (Å²) in [6.45, 7) is 14.6. The summed E-state index contributed by atoms with van der Waals surface area (Å²) in [5.41, 5.74) is 1.64. The summed E-state index contributed by atoms with van der Waals surface area (Å²) < 4.78 is 34.2. The average molecular weight is 499 g/mol. The molecule has 1 aliphatic rings. The normalized spacial score (nSPS) is 15.0. The lowest BCUT2D eigenvalue weighted by molar-refractivity contribution is 0.209. The molecule has 1 saturated heterocycles. The minimum atomic E-state index is -0.711. The molecule has 0 amide bonds. The number of ether oxygens (including phenoxy) is 1. The van der Waals surface area contributed by atoms with Gasteiger partial charge in [0.15, 0.2) is 5.82 Å². The van der Waals surface area contributed by atoms with E-state index >= 15 is 0 Å². The van der Waals surface area contributed by atoms with Crippen LogP contribution in [0.3, 0.4) is 0 Å². The van der Waals surface area contributed by atoms with Gasteiger partial charge >= 0.3 is 6.01 Å². The van der Waals surface area contributed by atoms with Gasteiger partial charge in [0.1, 0.15) is 29.9 Å². The zero-order valence-electron chi connectivity index (χ0n) is 21.0. The van der Waals surface area contributed by atoms with Crippen molar-refractivity contribution >= 4 is 29.1 Å². The molecule has 0 radical (unpaired) electrons. The van der Waals surface area contributed by atoms with Crippen LogP contribution >= 0.6 is 0 Å². The van der Waals surface area contributed by atoms with Crippen LogP contribution in [0.25, 0.3) is 11.7 Å². The predicted molar refractivity (Wildman–Crippen MR) is 138 cm³/mol. The van der Waals surface area contributed by atoms with Gasteiger partial charge in [0, 0.05) is 61.3 Å². The number of nitrogens with zero attached hydrogens (tertiary/aromatic N) is 5. The van der Waals surface area contributed by atoms with Crippen LogP contribution in [0.4, 0.5) is 26.2 Å². The molecular weight excluding hydrogens is 466 g/mol. The van der Waals surface area contributed by atoms with Gasteiger partial charge in [-0.3, -0.25) is 10.00 Å². The molecule has 1 aliphatic heterocycles. The van der Waals surface area contributed by atoms with E-state index in [0.717, 1.165) is 31.9 Å². The third-order valence-corrected chi connectivity index (χ3v) is 5.98. The Labute approximate surface area is 209 Å². The van der Waals surface area contributed by atoms with Crippen molar-refractivity contribution in [2.45, 2.75) is 33.7 Å². The summed E-state index contributed by atoms with van der Waals surface area (Å²) in [6.07, 6.45) is 1.21. The average Bonchev–Trinajstić information content (AvgIpc) is 3.44. The topological polar surface area (TPSA) is 98.0 Å². The number of aromatic amines is 2. The summed E-state index contributed by atoms with van der Waals surface area (Å²) in [6, 6.07) is 5.79. The largest absolute Gasteiger partial charge is 0.459 e. The molecule has 1 fully saturated rings. The monoisotopic (exact) mass is 498 g/mol. The quantitative estimate of drug-likeness (QED) is 0.392. The molecule has 3 aromatic heterocycles. The van der Waals surface area contributed by atoms with Crippen LogP contribution < -0.4 is 15.0 Å². The smallest absolute Gasteiger partial charge is 0.320 e. The Morgan fingerprint density at radius 1 is 1.11 bits per heavy atom. The van der Waals surface area contributed by atoms with E-state index in [4.69, 9.17) is 4.74 Å². The minimum absolute atomic E-state index is 0.0255. The lowest BCUT2D eigenvalue weighted by atomic mass is 10.2. The first-order chi connectivity index (χ1) is 17.2. The van der Waals surface area contributed by atoms with Crippen LogP contribution in [-0.2, 0) is 0 Å². The molecule has 4 heterocycles. The fraction of sp³-hybridized carbons (Fsp3) is 0.400. The Hall–Kier alpha value is -3.73. The second kappa shape index (κ2) is 10.9. The first-order valence-electron chi connectivity index (χ1n) is 11.9. The van der Waals surface area contributed by atoms with E-state index in [1.165, 1.54) is 12.1 Å². The van der Waals surface area contributed by atoms with E-state index < -0.39 is 11.7 Å². The van der Waals surface area contributed by atoms with Gasteiger partial charge in [-0.05, 0) is 39.8 Å². The molecular formula is C25H32F2N8O. The zero-order valence-corrected chi connectivity index (χ0v) is 21.0. The lowest BCUT2D eigenvalue weighted by Crippen LogP contribution is -2.49. The van der Waals surface area contributed by atoms with Crippen molar-refractivity contribution in [1.29, 1.82) is 0 Å². The van der Waals surface area contributed by atoms with Gasteiger partial charge in [0.2, 0.25) is 0 Å². The standard InChI is InChI=1S/C25H32F2N8O/c1-15(2)34-7-9-35(10-8-34)23-14-21(29-22-13-17(4)32-33-22)30-25(31-23)36-11-6-20(27)24-19(18(5)26)12-16(3)28-24/h6,12-15,28H,5,7-11H2,1-4H3,(H2,29,30,31,32,33)/b20-6+. The van der Waals surface area contributed by atoms with E-state index in [0.29, 0.717) is 29.2 Å². The maximum atomic E-state index is 14.8. The van der Waals surface area contributed by atoms with Gasteiger partial charge in [-0.15, -0.1) is 0 Å². The molecule has 9 nitrogen and oxygen atoms in total. The maximum absolute atomic E-state index is 14.8. The SMILES string of the molecule is C=C(F)c1cc(C)[nH]c1/C(F)=C\COc1nc(Nc2cc(C)[nH]n2)cc(N2CCN(C(C)C)CC2)n1. The van der Waals surface area contributed by atoms with Crippen molar-refractivity contribution in [3.63, 3.8) is 0 Å². The molecule has 4 rings (SSSR count). The number of aryl methyl sites for hydroxylation is 2. The van der Waals surface area contributed by atoms with Crippen LogP contribution in [0.15, 0.2) is 30.9 Å². The third kappa shape index (κ3) is 6.09. The number of nitrogens with one attached hydrogen (secondary N) is 3. The minimum Gasteiger partial charge on any atom is -0.459 e. The van der Waals surface area contributed by atoms with E-state index in [1.807, 2.05) is 19.1 Å². The Kier molecular flexibility index (Phi) is 7.68. The molecule has 0 aliphatic carbocycles. The molecule has 0 spiro atoms. The molecule has 0 atom stereocenters. The zero-order chi connectivity index (χ0) is 25.8. The van der Waals surface area contributed by atoms with Gasteiger partial charge in [-0.1, -0.05) is 6.58 Å². The van der Waals surface area contributed by atoms with Crippen molar-refractivity contribution in [1.82, 2.24) is 30.0 Å². The van der Waals surface area contributed by atoms with Gasteiger partial charge in [-0.25, -0.2) is 8.78 Å². The number of rotatable bonds is 9. The van der Waals surface area contributed by atoms with Gasteiger partial charge in [0.25, 0.3) is 0 Å². The van der Waals surface area contributed by atoms with Gasteiger partial charge in [0.05, 0.1) is 5.69 Å². The fourth-order valence-electron chi connectivity index (χ4n) is 4.07. The van der Waals surface area contributed by atoms with Crippen LogP contribution in [0.5, 0.6) is 6.01 Å². The Morgan fingerprint density at radius 3 is 2.50 bits per heavy atom. The second-order valence-corrected chi connectivity index (χ2v) is 9.08. The van der Waals surface area contributed by atoms with Crippen LogP contribution in [0.2, 0.25) is 0 Å². The molecule has 192 valence electrons. The van der Waals surface area contributed by atoms with Crippen molar-refractivity contribution in [2.75, 3.05) is 43.0 Å². The lowest BCUT2D eigenvalue weighted by Gasteiger charge is -2.37. The first-order valence-corrected chi connectivity index (χ1v) is 11.9. The molecule has 36 heavy (non-hydrogen) atoms. The number of halogens is 2. The number of H-pyrrole nitrogens is 2. The van der Waals surface area contributed by atoms with Gasteiger partial charge < -0.3 is 19.9 Å². The van der Waals surface area contributed by atoms with Gasteiger partial charge in [-0.2, -0.15) is 15.1 Å². The molecule has 0 bridgehead atoms. The number of aromatic nitrogens is 5. The first kappa shape index (κ1) is 25.4. The van der Waals surface area contributed by atoms with Crippen molar-refractivity contribution in [2.24, 2.45) is 0 Å². The Morgan fingerprint density at radius 2 is 1.86 bits per heavy atom. The summed E-state index contributed by atoms with van der Waals surface area (Å²) >= 11 is 0. The number of anilines is 3. The van der Waals surface area contributed by atoms with E-state index in [1.54, 1.807) is 6.92 Å². The second-order valence-electron chi connectivity index (χ2n) is 9.08. The van der Waals surface area contributed by atoms with Crippen LogP contribution in [0.1, 0.15) is 36.5 Å². The van der Waals surface area contributed by atoms with E-state index in [2.05, 4.69) is 60.7 Å². The summed E-state index contributed by atoms with van der Waals surface area (Å²) in [7, 11) is 0. The van der Waals surface area contributed by atoms with E-state index in [9.17, 15) is 8.78 Å². The predicted octanol–water partition coefficient (Wildman–Crippen LogP) is 4.75. The molecule has 3 N–H and O–H groups in total. The summed E-state index contributed by atoms with van der Waals surface area (Å²) in [5, 5.41) is 10.2.